The number of hydrogen-bond acceptors (Lipinski definition) is 4. The summed E-state index contributed by atoms with van der Waals surface area (Å²) in [5.74, 6) is -0.0661. The molecule has 2 atom stereocenters. The Bertz CT molecular complexity index is 651. The topological polar surface area (TPSA) is 61.9 Å². The number of rotatable bonds is 6. The van der Waals surface area contributed by atoms with Crippen LogP contribution in [0.5, 0.6) is 0 Å². The van der Waals surface area contributed by atoms with Crippen molar-refractivity contribution in [1.82, 2.24) is 15.1 Å². The molecule has 28 heavy (non-hydrogen) atoms. The van der Waals surface area contributed by atoms with Crippen molar-refractivity contribution in [1.29, 1.82) is 0 Å². The Morgan fingerprint density at radius 1 is 1.07 bits per heavy atom. The molecule has 1 aromatic carbocycles. The maximum atomic E-state index is 13.1. The summed E-state index contributed by atoms with van der Waals surface area (Å²) in [6, 6.07) is 5.63. The summed E-state index contributed by atoms with van der Waals surface area (Å²) in [5, 5.41) is 2.99. The summed E-state index contributed by atoms with van der Waals surface area (Å²) in [4.78, 5) is 28.6. The van der Waals surface area contributed by atoms with Crippen LogP contribution in [0.1, 0.15) is 45.7 Å². The van der Waals surface area contributed by atoms with Crippen LogP contribution in [0.15, 0.2) is 24.3 Å². The van der Waals surface area contributed by atoms with Gasteiger partial charge in [-0.25, -0.2) is 9.18 Å². The third-order valence-corrected chi connectivity index (χ3v) is 4.98. The molecule has 6 nitrogen and oxygen atoms in total. The van der Waals surface area contributed by atoms with E-state index in [-0.39, 0.29) is 29.9 Å². The molecule has 2 unspecified atom stereocenters. The van der Waals surface area contributed by atoms with Crippen molar-refractivity contribution in [2.45, 2.75) is 46.2 Å². The van der Waals surface area contributed by atoms with E-state index in [1.807, 2.05) is 27.7 Å². The molecule has 1 aromatic rings. The number of ether oxygens (including phenoxy) is 1. The van der Waals surface area contributed by atoms with Crippen molar-refractivity contribution >= 4 is 12.0 Å². The van der Waals surface area contributed by atoms with E-state index in [0.29, 0.717) is 32.2 Å². The molecule has 1 aliphatic heterocycles. The van der Waals surface area contributed by atoms with Gasteiger partial charge in [0.15, 0.2) is 0 Å². The molecule has 0 radical (unpaired) electrons. The van der Waals surface area contributed by atoms with Gasteiger partial charge >= 0.3 is 6.09 Å². The van der Waals surface area contributed by atoms with Gasteiger partial charge in [-0.3, -0.25) is 9.69 Å². The number of halogens is 1. The monoisotopic (exact) mass is 393 g/mol. The predicted octanol–water partition coefficient (Wildman–Crippen LogP) is 3.19. The van der Waals surface area contributed by atoms with E-state index in [4.69, 9.17) is 4.74 Å². The Labute approximate surface area is 167 Å². The van der Waals surface area contributed by atoms with Crippen molar-refractivity contribution in [3.8, 4) is 0 Å². The fourth-order valence-corrected chi connectivity index (χ4v) is 3.17. The van der Waals surface area contributed by atoms with Crippen molar-refractivity contribution < 1.29 is 18.7 Å². The molecule has 1 saturated heterocycles. The zero-order chi connectivity index (χ0) is 20.7. The highest BCUT2D eigenvalue weighted by atomic mass is 19.1. The molecule has 1 heterocycles. The van der Waals surface area contributed by atoms with Gasteiger partial charge in [-0.15, -0.1) is 0 Å². The number of hydrogen-bond donors (Lipinski definition) is 1. The first-order valence-electron chi connectivity index (χ1n) is 9.99. The second-order valence-electron chi connectivity index (χ2n) is 7.81. The maximum Gasteiger partial charge on any atom is 0.409 e. The quantitative estimate of drug-likeness (QED) is 0.806. The molecule has 1 N–H and O–H groups in total. The predicted molar refractivity (Wildman–Crippen MR) is 106 cm³/mol. The lowest BCUT2D eigenvalue weighted by atomic mass is 10.1. The van der Waals surface area contributed by atoms with Crippen LogP contribution in [0.25, 0.3) is 0 Å². The van der Waals surface area contributed by atoms with Crippen LogP contribution in [-0.4, -0.2) is 60.6 Å². The Morgan fingerprint density at radius 3 is 2.39 bits per heavy atom. The highest BCUT2D eigenvalue weighted by Gasteiger charge is 2.27. The van der Waals surface area contributed by atoms with Crippen LogP contribution in [0.4, 0.5) is 9.18 Å². The molecular formula is C21H32FN3O3. The van der Waals surface area contributed by atoms with Crippen LogP contribution in [0.3, 0.4) is 0 Å². The average Bonchev–Trinajstić information content (AvgIpc) is 2.92. The normalized spacial score (nSPS) is 17.7. The van der Waals surface area contributed by atoms with Crippen molar-refractivity contribution in [2.75, 3.05) is 32.8 Å². The first-order valence-corrected chi connectivity index (χ1v) is 9.99. The molecule has 1 aliphatic rings. The van der Waals surface area contributed by atoms with Crippen molar-refractivity contribution in [3.05, 3.63) is 35.6 Å². The van der Waals surface area contributed by atoms with Crippen molar-refractivity contribution in [3.63, 3.8) is 0 Å². The SMILES string of the molecule is CC(C)COC(=O)N1CCCN(C(C)C(=O)NC(C)c2ccc(F)cc2)CC1. The van der Waals surface area contributed by atoms with Gasteiger partial charge in [0.05, 0.1) is 18.7 Å². The third-order valence-electron chi connectivity index (χ3n) is 4.98. The van der Waals surface area contributed by atoms with Crippen LogP contribution in [0.2, 0.25) is 0 Å². The van der Waals surface area contributed by atoms with Gasteiger partial charge in [-0.1, -0.05) is 26.0 Å². The zero-order valence-electron chi connectivity index (χ0n) is 17.3. The summed E-state index contributed by atoms with van der Waals surface area (Å²) >= 11 is 0. The molecule has 0 bridgehead atoms. The van der Waals surface area contributed by atoms with Gasteiger partial charge in [0.2, 0.25) is 5.91 Å². The minimum absolute atomic E-state index is 0.0762. The molecule has 156 valence electrons. The molecule has 7 heteroatoms. The molecule has 0 aliphatic carbocycles. The third kappa shape index (κ3) is 6.48. The van der Waals surface area contributed by atoms with Crippen molar-refractivity contribution in [2.24, 2.45) is 5.92 Å². The van der Waals surface area contributed by atoms with Gasteiger partial charge in [0.25, 0.3) is 0 Å². The van der Waals surface area contributed by atoms with E-state index in [1.165, 1.54) is 12.1 Å². The van der Waals surface area contributed by atoms with Crippen LogP contribution in [0, 0.1) is 11.7 Å². The summed E-state index contributed by atoms with van der Waals surface area (Å²) in [5.41, 5.74) is 0.858. The molecule has 2 amide bonds. The lowest BCUT2D eigenvalue weighted by Crippen LogP contribution is -2.47. The highest BCUT2D eigenvalue weighted by Crippen LogP contribution is 2.15. The maximum absolute atomic E-state index is 13.1. The Hall–Kier alpha value is -2.15. The smallest absolute Gasteiger partial charge is 0.409 e. The number of amides is 2. The van der Waals surface area contributed by atoms with E-state index in [9.17, 15) is 14.0 Å². The second kappa shape index (κ2) is 10.4. The van der Waals surface area contributed by atoms with E-state index in [1.54, 1.807) is 17.0 Å². The van der Waals surface area contributed by atoms with Crippen LogP contribution in [-0.2, 0) is 9.53 Å². The standard InChI is InChI=1S/C21H32FN3O3/c1-15(2)14-28-21(27)25-11-5-10-24(12-13-25)17(4)20(26)23-16(3)18-6-8-19(22)9-7-18/h6-9,15-17H,5,10-14H2,1-4H3,(H,23,26). The lowest BCUT2D eigenvalue weighted by Gasteiger charge is -2.28. The molecule has 2 rings (SSSR count). The Morgan fingerprint density at radius 2 is 1.75 bits per heavy atom. The highest BCUT2D eigenvalue weighted by molar-refractivity contribution is 5.81. The van der Waals surface area contributed by atoms with Crippen LogP contribution >= 0.6 is 0 Å². The number of benzene rings is 1. The average molecular weight is 394 g/mol. The van der Waals surface area contributed by atoms with E-state index in [0.717, 1.165) is 18.5 Å². The molecule has 0 saturated carbocycles. The summed E-state index contributed by atoms with van der Waals surface area (Å²) < 4.78 is 18.4. The fraction of sp³-hybridized carbons (Fsp3) is 0.619. The summed E-state index contributed by atoms with van der Waals surface area (Å²) in [7, 11) is 0. The first kappa shape index (κ1) is 22.1. The minimum atomic E-state index is -0.311. The van der Waals surface area contributed by atoms with Gasteiger partial charge in [0.1, 0.15) is 5.82 Å². The molecule has 1 fully saturated rings. The zero-order valence-corrected chi connectivity index (χ0v) is 17.3. The van der Waals surface area contributed by atoms with Gasteiger partial charge in [-0.05, 0) is 43.9 Å². The van der Waals surface area contributed by atoms with E-state index >= 15 is 0 Å². The van der Waals surface area contributed by atoms with E-state index < -0.39 is 0 Å². The number of carbonyl (C=O) groups excluding carboxylic acids is 2. The summed E-state index contributed by atoms with van der Waals surface area (Å²) in [6.07, 6.45) is 0.514. The number of nitrogens with one attached hydrogen (secondary N) is 1. The van der Waals surface area contributed by atoms with E-state index in [2.05, 4.69) is 10.2 Å². The van der Waals surface area contributed by atoms with Gasteiger partial charge < -0.3 is 15.0 Å². The second-order valence-corrected chi connectivity index (χ2v) is 7.81. The lowest BCUT2D eigenvalue weighted by molar-refractivity contribution is -0.126. The van der Waals surface area contributed by atoms with Crippen LogP contribution < -0.4 is 5.32 Å². The Kier molecular flexibility index (Phi) is 8.23. The Balaban J connectivity index is 1.86. The number of carbonyl (C=O) groups is 2. The van der Waals surface area contributed by atoms with Gasteiger partial charge in [0, 0.05) is 26.2 Å². The molecule has 0 spiro atoms. The fourth-order valence-electron chi connectivity index (χ4n) is 3.17. The molecular weight excluding hydrogens is 361 g/mol. The largest absolute Gasteiger partial charge is 0.449 e. The van der Waals surface area contributed by atoms with Gasteiger partial charge in [-0.2, -0.15) is 0 Å². The number of nitrogens with zero attached hydrogens (tertiary/aromatic N) is 2. The summed E-state index contributed by atoms with van der Waals surface area (Å²) in [6.45, 7) is 10.7. The first-order chi connectivity index (χ1) is 13.3. The molecule has 0 aromatic heterocycles. The minimum Gasteiger partial charge on any atom is -0.449 e.